The van der Waals surface area contributed by atoms with Crippen LogP contribution in [0, 0.1) is 13.8 Å². The highest BCUT2D eigenvalue weighted by Crippen LogP contribution is 2.19. The molecule has 0 saturated heterocycles. The third kappa shape index (κ3) is 2.52. The number of aryl methyl sites for hydroxylation is 2. The van der Waals surface area contributed by atoms with E-state index >= 15 is 0 Å². The maximum atomic E-state index is 9.73. The van der Waals surface area contributed by atoms with Crippen LogP contribution in [0.3, 0.4) is 0 Å². The standard InChI is InChI=1S/C11H17NO/c1-4-5-10(13)11-9(3)6-8(2)7-12-11/h6-7,10,13H,4-5H2,1-3H3. The molecule has 1 unspecified atom stereocenters. The Labute approximate surface area is 79.6 Å². The lowest BCUT2D eigenvalue weighted by Crippen LogP contribution is -2.02. The van der Waals surface area contributed by atoms with Crippen LogP contribution >= 0.6 is 0 Å². The Morgan fingerprint density at radius 1 is 1.46 bits per heavy atom. The van der Waals surface area contributed by atoms with Crippen LogP contribution in [-0.2, 0) is 0 Å². The topological polar surface area (TPSA) is 33.1 Å². The molecule has 1 rings (SSSR count). The molecule has 0 bridgehead atoms. The van der Waals surface area contributed by atoms with E-state index in [0.717, 1.165) is 29.7 Å². The fourth-order valence-corrected chi connectivity index (χ4v) is 1.48. The Bertz CT molecular complexity index is 283. The van der Waals surface area contributed by atoms with E-state index < -0.39 is 6.10 Å². The van der Waals surface area contributed by atoms with Crippen molar-refractivity contribution in [2.45, 2.75) is 39.7 Å². The van der Waals surface area contributed by atoms with Crippen LogP contribution < -0.4 is 0 Å². The molecular weight excluding hydrogens is 162 g/mol. The molecule has 1 aromatic rings. The Balaban J connectivity index is 2.88. The summed E-state index contributed by atoms with van der Waals surface area (Å²) in [7, 11) is 0. The van der Waals surface area contributed by atoms with Crippen molar-refractivity contribution in [3.63, 3.8) is 0 Å². The van der Waals surface area contributed by atoms with Gasteiger partial charge in [-0.15, -0.1) is 0 Å². The van der Waals surface area contributed by atoms with Gasteiger partial charge in [0, 0.05) is 6.20 Å². The number of nitrogens with zero attached hydrogens (tertiary/aromatic N) is 1. The van der Waals surface area contributed by atoms with Crippen LogP contribution in [0.25, 0.3) is 0 Å². The molecule has 1 atom stereocenters. The second-order valence-electron chi connectivity index (χ2n) is 3.52. The maximum absolute atomic E-state index is 9.73. The zero-order valence-electron chi connectivity index (χ0n) is 8.54. The zero-order valence-corrected chi connectivity index (χ0v) is 8.54. The summed E-state index contributed by atoms with van der Waals surface area (Å²) in [6.45, 7) is 6.07. The Hall–Kier alpha value is -0.890. The van der Waals surface area contributed by atoms with Crippen molar-refractivity contribution in [1.29, 1.82) is 0 Å². The van der Waals surface area contributed by atoms with Gasteiger partial charge in [-0.25, -0.2) is 0 Å². The highest BCUT2D eigenvalue weighted by atomic mass is 16.3. The third-order valence-electron chi connectivity index (χ3n) is 2.13. The van der Waals surface area contributed by atoms with Crippen molar-refractivity contribution in [3.05, 3.63) is 29.1 Å². The van der Waals surface area contributed by atoms with Crippen LogP contribution in [0.4, 0.5) is 0 Å². The molecule has 1 heterocycles. The number of aliphatic hydroxyl groups excluding tert-OH is 1. The van der Waals surface area contributed by atoms with E-state index in [0.29, 0.717) is 0 Å². The average Bonchev–Trinajstić information content (AvgIpc) is 2.04. The molecule has 1 N–H and O–H groups in total. The maximum Gasteiger partial charge on any atom is 0.0962 e. The predicted molar refractivity (Wildman–Crippen MR) is 53.6 cm³/mol. The first kappa shape index (κ1) is 10.2. The van der Waals surface area contributed by atoms with Gasteiger partial charge >= 0.3 is 0 Å². The highest BCUT2D eigenvalue weighted by Gasteiger charge is 2.10. The van der Waals surface area contributed by atoms with E-state index in [2.05, 4.69) is 18.0 Å². The molecule has 0 aliphatic heterocycles. The Morgan fingerprint density at radius 2 is 2.15 bits per heavy atom. The molecule has 2 heteroatoms. The van der Waals surface area contributed by atoms with Gasteiger partial charge in [0.05, 0.1) is 11.8 Å². The Morgan fingerprint density at radius 3 is 2.69 bits per heavy atom. The largest absolute Gasteiger partial charge is 0.387 e. The first-order chi connectivity index (χ1) is 6.15. The van der Waals surface area contributed by atoms with Gasteiger partial charge in [0.25, 0.3) is 0 Å². The van der Waals surface area contributed by atoms with E-state index in [9.17, 15) is 5.11 Å². The van der Waals surface area contributed by atoms with Crippen molar-refractivity contribution in [2.24, 2.45) is 0 Å². The number of aliphatic hydroxyl groups is 1. The van der Waals surface area contributed by atoms with Crippen molar-refractivity contribution >= 4 is 0 Å². The monoisotopic (exact) mass is 179 g/mol. The molecule has 0 amide bonds. The van der Waals surface area contributed by atoms with Gasteiger partial charge in [-0.3, -0.25) is 4.98 Å². The van der Waals surface area contributed by atoms with Crippen molar-refractivity contribution < 1.29 is 5.11 Å². The van der Waals surface area contributed by atoms with E-state index in [1.165, 1.54) is 0 Å². The van der Waals surface area contributed by atoms with Crippen molar-refractivity contribution in [1.82, 2.24) is 4.98 Å². The number of aromatic nitrogens is 1. The molecule has 0 aromatic carbocycles. The van der Waals surface area contributed by atoms with Gasteiger partial charge in [0.15, 0.2) is 0 Å². The van der Waals surface area contributed by atoms with Crippen LogP contribution in [0.2, 0.25) is 0 Å². The number of hydrogen-bond donors (Lipinski definition) is 1. The highest BCUT2D eigenvalue weighted by molar-refractivity contribution is 5.24. The summed E-state index contributed by atoms with van der Waals surface area (Å²) in [6, 6.07) is 2.06. The third-order valence-corrected chi connectivity index (χ3v) is 2.13. The molecule has 72 valence electrons. The zero-order chi connectivity index (χ0) is 9.84. The number of hydrogen-bond acceptors (Lipinski definition) is 2. The first-order valence-electron chi connectivity index (χ1n) is 4.76. The lowest BCUT2D eigenvalue weighted by molar-refractivity contribution is 0.161. The average molecular weight is 179 g/mol. The molecular formula is C11H17NO. The number of pyridine rings is 1. The summed E-state index contributed by atoms with van der Waals surface area (Å²) in [5.41, 5.74) is 3.05. The normalized spacial score (nSPS) is 12.9. The molecule has 0 radical (unpaired) electrons. The summed E-state index contributed by atoms with van der Waals surface area (Å²) in [5, 5.41) is 9.73. The fraction of sp³-hybridized carbons (Fsp3) is 0.545. The van der Waals surface area contributed by atoms with Crippen LogP contribution in [0.1, 0.15) is 42.7 Å². The van der Waals surface area contributed by atoms with Crippen LogP contribution in [0.5, 0.6) is 0 Å². The minimum Gasteiger partial charge on any atom is -0.387 e. The predicted octanol–water partition coefficient (Wildman–Crippen LogP) is 2.53. The quantitative estimate of drug-likeness (QED) is 0.773. The van der Waals surface area contributed by atoms with Gasteiger partial charge in [-0.1, -0.05) is 19.4 Å². The SMILES string of the molecule is CCCC(O)c1ncc(C)cc1C. The smallest absolute Gasteiger partial charge is 0.0962 e. The fourth-order valence-electron chi connectivity index (χ4n) is 1.48. The molecule has 13 heavy (non-hydrogen) atoms. The van der Waals surface area contributed by atoms with Crippen LogP contribution in [-0.4, -0.2) is 10.1 Å². The Kier molecular flexibility index (Phi) is 3.43. The van der Waals surface area contributed by atoms with Gasteiger partial charge in [0.1, 0.15) is 0 Å². The molecule has 0 fully saturated rings. The van der Waals surface area contributed by atoms with E-state index in [1.54, 1.807) is 6.20 Å². The van der Waals surface area contributed by atoms with E-state index in [-0.39, 0.29) is 0 Å². The summed E-state index contributed by atoms with van der Waals surface area (Å²) in [5.74, 6) is 0. The molecule has 2 nitrogen and oxygen atoms in total. The number of rotatable bonds is 3. The summed E-state index contributed by atoms with van der Waals surface area (Å²) >= 11 is 0. The minimum absolute atomic E-state index is 0.398. The first-order valence-corrected chi connectivity index (χ1v) is 4.76. The molecule has 0 aliphatic carbocycles. The molecule has 0 aliphatic rings. The van der Waals surface area contributed by atoms with E-state index in [4.69, 9.17) is 0 Å². The van der Waals surface area contributed by atoms with Crippen LogP contribution in [0.15, 0.2) is 12.3 Å². The molecule has 0 spiro atoms. The van der Waals surface area contributed by atoms with Gasteiger partial charge in [-0.05, 0) is 31.4 Å². The second-order valence-corrected chi connectivity index (χ2v) is 3.52. The van der Waals surface area contributed by atoms with Crippen molar-refractivity contribution in [3.8, 4) is 0 Å². The lowest BCUT2D eigenvalue weighted by Gasteiger charge is -2.11. The summed E-state index contributed by atoms with van der Waals surface area (Å²) in [4.78, 5) is 4.25. The molecule has 1 aromatic heterocycles. The summed E-state index contributed by atoms with van der Waals surface area (Å²) in [6.07, 6.45) is 3.18. The van der Waals surface area contributed by atoms with Gasteiger partial charge in [-0.2, -0.15) is 0 Å². The second kappa shape index (κ2) is 4.38. The molecule has 0 saturated carbocycles. The van der Waals surface area contributed by atoms with Gasteiger partial charge in [0.2, 0.25) is 0 Å². The minimum atomic E-state index is -0.398. The van der Waals surface area contributed by atoms with Crippen molar-refractivity contribution in [2.75, 3.05) is 0 Å². The summed E-state index contributed by atoms with van der Waals surface area (Å²) < 4.78 is 0. The van der Waals surface area contributed by atoms with E-state index in [1.807, 2.05) is 13.8 Å². The lowest BCUT2D eigenvalue weighted by atomic mass is 10.1. The van der Waals surface area contributed by atoms with Gasteiger partial charge < -0.3 is 5.11 Å².